The van der Waals surface area contributed by atoms with E-state index in [9.17, 15) is 13.2 Å². The molecule has 0 aromatic carbocycles. The van der Waals surface area contributed by atoms with Gasteiger partial charge in [-0.15, -0.1) is 0 Å². The van der Waals surface area contributed by atoms with Gasteiger partial charge in [0, 0.05) is 23.4 Å². The van der Waals surface area contributed by atoms with Crippen molar-refractivity contribution >= 4 is 25.7 Å². The van der Waals surface area contributed by atoms with E-state index in [1.165, 1.54) is 0 Å². The molecule has 0 bridgehead atoms. The number of rotatable bonds is 2. The van der Waals surface area contributed by atoms with Crippen LogP contribution in [-0.2, 0) is 13.8 Å². The fourth-order valence-corrected chi connectivity index (χ4v) is 3.82. The minimum Gasteiger partial charge on any atom is -0.481 e. The fourth-order valence-electron chi connectivity index (χ4n) is 2.05. The normalized spacial score (nSPS) is 25.1. The Kier molecular flexibility index (Phi) is 3.02. The zero-order valence-corrected chi connectivity index (χ0v) is 11.1. The highest BCUT2D eigenvalue weighted by molar-refractivity contribution is 8.16. The summed E-state index contributed by atoms with van der Waals surface area (Å²) >= 11 is 0. The third-order valence-corrected chi connectivity index (χ3v) is 4.76. The van der Waals surface area contributed by atoms with Crippen molar-refractivity contribution in [2.24, 2.45) is 5.92 Å². The van der Waals surface area contributed by atoms with Crippen LogP contribution in [0, 0.1) is 5.92 Å². The Bertz CT molecular complexity index is 466. The highest BCUT2D eigenvalue weighted by Crippen LogP contribution is 2.44. The van der Waals surface area contributed by atoms with E-state index in [1.807, 2.05) is 0 Å². The largest absolute Gasteiger partial charge is 0.481 e. The topological polar surface area (TPSA) is 74.7 Å². The van der Waals surface area contributed by atoms with Crippen LogP contribution in [0.4, 0.5) is 0 Å². The number of allylic oxidation sites excluding steroid dienone is 1. The van der Waals surface area contributed by atoms with Crippen molar-refractivity contribution in [3.05, 3.63) is 10.6 Å². The van der Waals surface area contributed by atoms with Crippen LogP contribution in [0.1, 0.15) is 20.8 Å². The van der Waals surface area contributed by atoms with Crippen LogP contribution >= 0.6 is 10.7 Å². The van der Waals surface area contributed by atoms with Crippen molar-refractivity contribution in [1.29, 1.82) is 0 Å². The first kappa shape index (κ1) is 13.3. The molecule has 0 saturated heterocycles. The maximum atomic E-state index is 11.4. The van der Waals surface area contributed by atoms with Crippen LogP contribution in [0.15, 0.2) is 10.6 Å². The van der Waals surface area contributed by atoms with Crippen LogP contribution in [-0.4, -0.2) is 37.0 Å². The lowest BCUT2D eigenvalue weighted by Gasteiger charge is -2.34. The lowest BCUT2D eigenvalue weighted by molar-refractivity contribution is -0.142. The van der Waals surface area contributed by atoms with Gasteiger partial charge in [0.2, 0.25) is 0 Å². The minimum atomic E-state index is -4.02. The van der Waals surface area contributed by atoms with Gasteiger partial charge in [-0.05, 0) is 20.8 Å². The van der Waals surface area contributed by atoms with Gasteiger partial charge < -0.3 is 10.0 Å². The van der Waals surface area contributed by atoms with E-state index in [0.717, 1.165) is 0 Å². The quantitative estimate of drug-likeness (QED) is 0.761. The van der Waals surface area contributed by atoms with Gasteiger partial charge in [-0.3, -0.25) is 4.79 Å². The van der Waals surface area contributed by atoms with Crippen LogP contribution in [0.3, 0.4) is 0 Å². The molecule has 0 aliphatic carbocycles. The van der Waals surface area contributed by atoms with Crippen molar-refractivity contribution in [2.75, 3.05) is 7.05 Å². The third-order valence-electron chi connectivity index (χ3n) is 3.20. The number of carboxylic acids is 1. The average Bonchev–Trinajstić information content (AvgIpc) is 2.24. The Hall–Kier alpha value is -0.750. The summed E-state index contributed by atoms with van der Waals surface area (Å²) in [6.45, 7) is 4.90. The summed E-state index contributed by atoms with van der Waals surface area (Å²) < 4.78 is 22.8. The van der Waals surface area contributed by atoms with E-state index in [-0.39, 0.29) is 4.91 Å². The van der Waals surface area contributed by atoms with Crippen LogP contribution in [0.2, 0.25) is 0 Å². The number of hydrogen-bond acceptors (Lipinski definition) is 4. The van der Waals surface area contributed by atoms with E-state index in [1.54, 1.807) is 32.7 Å². The standard InChI is InChI=1S/C9H14ClNO4S/c1-5-7(16(10,14)15)6(8(12)13)9(2,3)11(5)4/h6H,1-4H3,(H,12,13). The molecule has 0 amide bonds. The number of nitrogens with zero attached hydrogens (tertiary/aromatic N) is 1. The van der Waals surface area contributed by atoms with Crippen molar-refractivity contribution < 1.29 is 18.3 Å². The molecule has 0 aromatic rings. The number of halogens is 1. The second-order valence-corrected chi connectivity index (χ2v) is 6.91. The van der Waals surface area contributed by atoms with Gasteiger partial charge in [-0.25, -0.2) is 8.42 Å². The molecular formula is C9H14ClNO4S. The molecule has 1 heterocycles. The summed E-state index contributed by atoms with van der Waals surface area (Å²) in [7, 11) is 2.92. The molecule has 1 rings (SSSR count). The number of carboxylic acid groups (broad SMARTS) is 1. The minimum absolute atomic E-state index is 0.214. The van der Waals surface area contributed by atoms with E-state index < -0.39 is 26.5 Å². The maximum absolute atomic E-state index is 11.4. The molecule has 0 aromatic heterocycles. The van der Waals surface area contributed by atoms with Crippen LogP contribution in [0.5, 0.6) is 0 Å². The summed E-state index contributed by atoms with van der Waals surface area (Å²) in [5, 5.41) is 9.13. The van der Waals surface area contributed by atoms with Crippen molar-refractivity contribution in [3.8, 4) is 0 Å². The molecule has 1 atom stereocenters. The predicted octanol–water partition coefficient (Wildman–Crippen LogP) is 1.21. The van der Waals surface area contributed by atoms with Gasteiger partial charge in [0.25, 0.3) is 9.05 Å². The monoisotopic (exact) mass is 267 g/mol. The first-order valence-electron chi connectivity index (χ1n) is 4.63. The lowest BCUT2D eigenvalue weighted by Crippen LogP contribution is -2.44. The summed E-state index contributed by atoms with van der Waals surface area (Å²) in [4.78, 5) is 12.6. The average molecular weight is 268 g/mol. The number of carbonyl (C=O) groups is 1. The fraction of sp³-hybridized carbons (Fsp3) is 0.667. The molecule has 7 heteroatoms. The number of hydrogen-bond donors (Lipinski definition) is 1. The van der Waals surface area contributed by atoms with Crippen molar-refractivity contribution in [1.82, 2.24) is 4.90 Å². The molecule has 0 spiro atoms. The van der Waals surface area contributed by atoms with Crippen molar-refractivity contribution in [2.45, 2.75) is 26.3 Å². The first-order valence-corrected chi connectivity index (χ1v) is 6.94. The Balaban J connectivity index is 3.50. The zero-order chi connectivity index (χ0) is 12.9. The van der Waals surface area contributed by atoms with Gasteiger partial charge in [0.1, 0.15) is 5.92 Å². The third kappa shape index (κ3) is 1.80. The Morgan fingerprint density at radius 1 is 1.50 bits per heavy atom. The molecule has 1 aliphatic rings. The lowest BCUT2D eigenvalue weighted by atomic mass is 9.89. The Morgan fingerprint density at radius 2 is 1.94 bits per heavy atom. The Labute approximate surface area is 99.1 Å². The smallest absolute Gasteiger partial charge is 0.314 e. The maximum Gasteiger partial charge on any atom is 0.314 e. The summed E-state index contributed by atoms with van der Waals surface area (Å²) in [5.41, 5.74) is -0.430. The zero-order valence-electron chi connectivity index (χ0n) is 9.48. The second kappa shape index (κ2) is 3.63. The first-order chi connectivity index (χ1) is 7.01. The highest BCUT2D eigenvalue weighted by atomic mass is 35.7. The van der Waals surface area contributed by atoms with E-state index in [2.05, 4.69) is 0 Å². The van der Waals surface area contributed by atoms with Crippen molar-refractivity contribution in [3.63, 3.8) is 0 Å². The SMILES string of the molecule is CC1=C(S(=O)(=O)Cl)C(C(=O)O)C(C)(C)N1C. The molecule has 1 unspecified atom stereocenters. The van der Waals surface area contributed by atoms with Crippen LogP contribution in [0.25, 0.3) is 0 Å². The molecule has 5 nitrogen and oxygen atoms in total. The Morgan fingerprint density at radius 3 is 2.19 bits per heavy atom. The molecular weight excluding hydrogens is 254 g/mol. The molecule has 1 N–H and O–H groups in total. The van der Waals surface area contributed by atoms with E-state index in [4.69, 9.17) is 15.8 Å². The van der Waals surface area contributed by atoms with Gasteiger partial charge in [-0.2, -0.15) is 0 Å². The predicted molar refractivity (Wildman–Crippen MR) is 60.4 cm³/mol. The van der Waals surface area contributed by atoms with Crippen LogP contribution < -0.4 is 0 Å². The summed E-state index contributed by atoms with van der Waals surface area (Å²) in [6, 6.07) is 0. The molecule has 16 heavy (non-hydrogen) atoms. The van der Waals surface area contributed by atoms with Gasteiger partial charge in [0.15, 0.2) is 0 Å². The van der Waals surface area contributed by atoms with E-state index in [0.29, 0.717) is 5.70 Å². The summed E-state index contributed by atoms with van der Waals surface area (Å²) in [5.74, 6) is -2.33. The number of aliphatic carboxylic acids is 1. The van der Waals surface area contributed by atoms with Gasteiger partial charge >= 0.3 is 5.97 Å². The summed E-state index contributed by atoms with van der Waals surface area (Å²) in [6.07, 6.45) is 0. The molecule has 1 aliphatic heterocycles. The van der Waals surface area contributed by atoms with E-state index >= 15 is 0 Å². The highest BCUT2D eigenvalue weighted by Gasteiger charge is 2.51. The molecule has 0 radical (unpaired) electrons. The second-order valence-electron chi connectivity index (χ2n) is 4.37. The molecule has 0 saturated carbocycles. The van der Waals surface area contributed by atoms with Gasteiger partial charge in [-0.1, -0.05) is 0 Å². The van der Waals surface area contributed by atoms with Gasteiger partial charge in [0.05, 0.1) is 10.4 Å². The molecule has 0 fully saturated rings. The molecule has 92 valence electrons.